The van der Waals surface area contributed by atoms with Crippen molar-refractivity contribution in [2.75, 3.05) is 7.11 Å². The molecule has 0 unspecified atom stereocenters. The van der Waals surface area contributed by atoms with Crippen LogP contribution in [-0.4, -0.2) is 22.1 Å². The molecule has 0 bridgehead atoms. The van der Waals surface area contributed by atoms with Gasteiger partial charge in [-0.1, -0.05) is 6.42 Å². The van der Waals surface area contributed by atoms with Crippen molar-refractivity contribution in [1.29, 1.82) is 0 Å². The van der Waals surface area contributed by atoms with Gasteiger partial charge in [-0.15, -0.1) is 0 Å². The lowest BCUT2D eigenvalue weighted by Gasteiger charge is -2.22. The lowest BCUT2D eigenvalue weighted by Crippen LogP contribution is -2.10. The summed E-state index contributed by atoms with van der Waals surface area (Å²) in [7, 11) is 1.47. The lowest BCUT2D eigenvalue weighted by molar-refractivity contribution is -0.138. The molecule has 4 rings (SSSR count). The maximum absolute atomic E-state index is 14.0. The summed E-state index contributed by atoms with van der Waals surface area (Å²) >= 11 is 0. The minimum atomic E-state index is -4.66. The van der Waals surface area contributed by atoms with Crippen LogP contribution in [0.3, 0.4) is 0 Å². The summed E-state index contributed by atoms with van der Waals surface area (Å²) in [6.07, 6.45) is 1.19. The molecule has 0 aliphatic heterocycles. The third-order valence-electron chi connectivity index (χ3n) is 5.17. The Hall–Kier alpha value is -3.10. The summed E-state index contributed by atoms with van der Waals surface area (Å²) in [6.45, 7) is -0.338. The molecule has 0 amide bonds. The average molecular weight is 421 g/mol. The molecule has 1 aromatic carbocycles. The van der Waals surface area contributed by atoms with Gasteiger partial charge >= 0.3 is 6.18 Å². The largest absolute Gasteiger partial charge is 0.493 e. The smallest absolute Gasteiger partial charge is 0.417 e. The van der Waals surface area contributed by atoms with E-state index in [2.05, 4.69) is 15.0 Å². The van der Waals surface area contributed by atoms with Crippen LogP contribution in [0.4, 0.5) is 17.6 Å². The number of aromatic nitrogens is 3. The Kier molecular flexibility index (Phi) is 5.36. The summed E-state index contributed by atoms with van der Waals surface area (Å²) in [4.78, 5) is 11.3. The molecule has 5 nitrogen and oxygen atoms in total. The third kappa shape index (κ3) is 4.10. The Morgan fingerprint density at radius 3 is 2.53 bits per heavy atom. The number of ether oxygens (including phenoxy) is 2. The normalized spacial score (nSPS) is 14.4. The second-order valence-corrected chi connectivity index (χ2v) is 7.11. The minimum absolute atomic E-state index is 0.229. The Morgan fingerprint density at radius 1 is 1.10 bits per heavy atom. The van der Waals surface area contributed by atoms with Crippen LogP contribution in [0.5, 0.6) is 11.5 Å². The van der Waals surface area contributed by atoms with E-state index in [9.17, 15) is 17.6 Å². The molecule has 2 aromatic heterocycles. The van der Waals surface area contributed by atoms with Gasteiger partial charge < -0.3 is 14.5 Å². The van der Waals surface area contributed by atoms with Crippen molar-refractivity contribution < 1.29 is 27.0 Å². The summed E-state index contributed by atoms with van der Waals surface area (Å²) in [6, 6.07) is 5.61. The van der Waals surface area contributed by atoms with E-state index < -0.39 is 17.6 Å². The van der Waals surface area contributed by atoms with Gasteiger partial charge in [-0.3, -0.25) is 4.98 Å². The zero-order chi connectivity index (χ0) is 21.3. The highest BCUT2D eigenvalue weighted by atomic mass is 19.4. The number of alkyl halides is 3. The second-order valence-electron chi connectivity index (χ2n) is 7.11. The van der Waals surface area contributed by atoms with Crippen LogP contribution >= 0.6 is 0 Å². The van der Waals surface area contributed by atoms with Gasteiger partial charge in [0.25, 0.3) is 0 Å². The molecule has 1 fully saturated rings. The van der Waals surface area contributed by atoms with Crippen LogP contribution in [-0.2, 0) is 12.8 Å². The molecule has 0 atom stereocenters. The number of aromatic amines is 1. The zero-order valence-electron chi connectivity index (χ0n) is 16.1. The van der Waals surface area contributed by atoms with Crippen LogP contribution in [0.2, 0.25) is 0 Å². The molecule has 0 spiro atoms. The van der Waals surface area contributed by atoms with E-state index in [4.69, 9.17) is 9.47 Å². The number of pyridine rings is 1. The van der Waals surface area contributed by atoms with Crippen molar-refractivity contribution in [2.45, 2.75) is 38.0 Å². The molecule has 1 aliphatic rings. The first-order chi connectivity index (χ1) is 14.3. The standard InChI is InChI=1S/C21H19F4N3O2/c1-29-19-7-13(16-10-27-20(28-16)12-3-2-4-12)5-6-18(19)30-11-17-15(22)8-14(9-26-17)21(23,24)25/h5-10,12H,2-4,11H2,1H3,(H,27,28). The first-order valence-electron chi connectivity index (χ1n) is 9.43. The average Bonchev–Trinajstić information content (AvgIpc) is 3.14. The number of nitrogens with one attached hydrogen (secondary N) is 1. The van der Waals surface area contributed by atoms with Gasteiger partial charge in [0.1, 0.15) is 23.9 Å². The lowest BCUT2D eigenvalue weighted by atomic mass is 9.85. The molecule has 1 N–H and O–H groups in total. The molecular formula is C21H19F4N3O2. The van der Waals surface area contributed by atoms with Crippen molar-refractivity contribution in [1.82, 2.24) is 15.0 Å². The Bertz CT molecular complexity index is 1040. The monoisotopic (exact) mass is 421 g/mol. The topological polar surface area (TPSA) is 60.0 Å². The van der Waals surface area contributed by atoms with Crippen LogP contribution in [0.25, 0.3) is 11.3 Å². The maximum Gasteiger partial charge on any atom is 0.417 e. The van der Waals surface area contributed by atoms with Crippen LogP contribution in [0, 0.1) is 5.82 Å². The number of rotatable bonds is 6. The van der Waals surface area contributed by atoms with Gasteiger partial charge in [-0.2, -0.15) is 13.2 Å². The van der Waals surface area contributed by atoms with Gasteiger partial charge in [-0.05, 0) is 37.1 Å². The summed E-state index contributed by atoms with van der Waals surface area (Å²) in [5.41, 5.74) is 0.313. The van der Waals surface area contributed by atoms with Gasteiger partial charge in [0.05, 0.1) is 24.6 Å². The van der Waals surface area contributed by atoms with E-state index in [1.54, 1.807) is 24.4 Å². The quantitative estimate of drug-likeness (QED) is 0.535. The van der Waals surface area contributed by atoms with Crippen LogP contribution in [0.15, 0.2) is 36.7 Å². The first-order valence-corrected chi connectivity index (χ1v) is 9.43. The number of benzene rings is 1. The van der Waals surface area contributed by atoms with Gasteiger partial charge in [-0.25, -0.2) is 9.37 Å². The van der Waals surface area contributed by atoms with Gasteiger partial charge in [0, 0.05) is 17.7 Å². The Labute approximate surface area is 170 Å². The van der Waals surface area contributed by atoms with Gasteiger partial charge in [0.15, 0.2) is 11.5 Å². The molecule has 3 aromatic rings. The Balaban J connectivity index is 1.49. The van der Waals surface area contributed by atoms with E-state index in [1.165, 1.54) is 13.5 Å². The molecule has 0 radical (unpaired) electrons. The third-order valence-corrected chi connectivity index (χ3v) is 5.17. The SMILES string of the molecule is COc1cc(-c2cnc(C3CCC3)[nH]2)ccc1OCc1ncc(C(F)(F)F)cc1F. The number of H-pyrrole nitrogens is 1. The highest BCUT2D eigenvalue weighted by Gasteiger charge is 2.32. The molecule has 0 saturated heterocycles. The number of imidazole rings is 1. The molecular weight excluding hydrogens is 402 g/mol. The van der Waals surface area contributed by atoms with Crippen LogP contribution < -0.4 is 9.47 Å². The van der Waals surface area contributed by atoms with E-state index in [0.717, 1.165) is 29.9 Å². The second kappa shape index (κ2) is 7.97. The maximum atomic E-state index is 14.0. The molecule has 1 saturated carbocycles. The summed E-state index contributed by atoms with van der Waals surface area (Å²) in [5.74, 6) is 1.09. The number of hydrogen-bond donors (Lipinski definition) is 1. The van der Waals surface area contributed by atoms with Crippen LogP contribution in [0.1, 0.15) is 42.3 Å². The highest BCUT2D eigenvalue weighted by molar-refractivity contribution is 5.63. The van der Waals surface area contributed by atoms with Crippen molar-refractivity contribution in [2.24, 2.45) is 0 Å². The van der Waals surface area contributed by atoms with Crippen molar-refractivity contribution in [3.8, 4) is 22.8 Å². The minimum Gasteiger partial charge on any atom is -0.493 e. The molecule has 30 heavy (non-hydrogen) atoms. The molecule has 9 heteroatoms. The summed E-state index contributed by atoms with van der Waals surface area (Å²) in [5, 5.41) is 0. The van der Waals surface area contributed by atoms with E-state index in [0.29, 0.717) is 29.7 Å². The zero-order valence-corrected chi connectivity index (χ0v) is 16.1. The fourth-order valence-corrected chi connectivity index (χ4v) is 3.20. The van der Waals surface area contributed by atoms with Crippen molar-refractivity contribution >= 4 is 0 Å². The fraction of sp³-hybridized carbons (Fsp3) is 0.333. The number of hydrogen-bond acceptors (Lipinski definition) is 4. The predicted molar refractivity (Wildman–Crippen MR) is 101 cm³/mol. The molecule has 2 heterocycles. The van der Waals surface area contributed by atoms with Crippen molar-refractivity contribution in [3.63, 3.8) is 0 Å². The Morgan fingerprint density at radius 2 is 1.90 bits per heavy atom. The van der Waals surface area contributed by atoms with E-state index in [1.807, 2.05) is 0 Å². The van der Waals surface area contributed by atoms with E-state index in [-0.39, 0.29) is 12.3 Å². The predicted octanol–water partition coefficient (Wildman–Crippen LogP) is 5.48. The number of nitrogens with zero attached hydrogens (tertiary/aromatic N) is 2. The highest BCUT2D eigenvalue weighted by Crippen LogP contribution is 2.37. The fourth-order valence-electron chi connectivity index (χ4n) is 3.20. The van der Waals surface area contributed by atoms with Gasteiger partial charge in [0.2, 0.25) is 0 Å². The number of methoxy groups -OCH3 is 1. The summed E-state index contributed by atoms with van der Waals surface area (Å²) < 4.78 is 62.8. The molecule has 1 aliphatic carbocycles. The first kappa shape index (κ1) is 20.2. The van der Waals surface area contributed by atoms with Crippen molar-refractivity contribution in [3.05, 3.63) is 59.6 Å². The molecule has 158 valence electrons. The number of halogens is 4. The van der Waals surface area contributed by atoms with E-state index >= 15 is 0 Å².